The van der Waals surface area contributed by atoms with Gasteiger partial charge in [0.15, 0.2) is 6.10 Å². The van der Waals surface area contributed by atoms with E-state index in [-0.39, 0.29) is 19.3 Å². The highest BCUT2D eigenvalue weighted by molar-refractivity contribution is 7.47. The van der Waals surface area contributed by atoms with E-state index in [0.717, 1.165) is 180 Å². The molecule has 0 aromatic carbocycles. The summed E-state index contributed by atoms with van der Waals surface area (Å²) >= 11 is 0. The van der Waals surface area contributed by atoms with Crippen molar-refractivity contribution in [2.45, 2.75) is 296 Å². The molecule has 0 radical (unpaired) electrons. The molecule has 0 saturated carbocycles. The van der Waals surface area contributed by atoms with Crippen molar-refractivity contribution in [3.8, 4) is 0 Å². The van der Waals surface area contributed by atoms with Gasteiger partial charge in [0.1, 0.15) is 25.4 Å². The number of rotatable bonds is 73. The Hall–Kier alpha value is -5.61. The zero-order chi connectivity index (χ0) is 76.6. The van der Waals surface area contributed by atoms with E-state index >= 15 is 0 Å². The number of hydrogen-bond donors (Lipinski definition) is 4. The van der Waals surface area contributed by atoms with Gasteiger partial charge in [-0.1, -0.05) is 292 Å². The first-order chi connectivity index (χ1) is 51.2. The molecule has 105 heavy (non-hydrogen) atoms. The number of unbranched alkanes of at least 4 members (excludes halogenated alkanes) is 18. The van der Waals surface area contributed by atoms with E-state index in [1.807, 2.05) is 0 Å². The van der Waals surface area contributed by atoms with E-state index in [4.69, 9.17) is 32.3 Å². The van der Waals surface area contributed by atoms with Crippen molar-refractivity contribution in [1.29, 1.82) is 0 Å². The maximum absolute atomic E-state index is 13.0. The third-order valence-corrected chi connectivity index (χ3v) is 17.7. The van der Waals surface area contributed by atoms with Crippen LogP contribution in [-0.2, 0) is 55.8 Å². The SMILES string of the molecule is CC/C=C\C/C=C\C/C=C\C/C=C\C/C=C\C/C=C\CCCCCCC(=O)OCC(COP(=O)(O)OCC(O)COP(=O)(O)OCC(O)COC(=O)CCCCCCCCCCCCC/C=C\C/C=C\C/C=C\C/C=C\C/C=C\CC)OC(=O)CCCCC/C=C\C/C=C\C/C=C\C/C=C\C/C=C\CC. The summed E-state index contributed by atoms with van der Waals surface area (Å²) in [7, 11) is -9.83. The van der Waals surface area contributed by atoms with Gasteiger partial charge in [-0.25, -0.2) is 9.13 Å². The summed E-state index contributed by atoms with van der Waals surface area (Å²) in [6.07, 6.45) is 102. The van der Waals surface area contributed by atoms with E-state index in [9.17, 15) is 43.5 Å². The summed E-state index contributed by atoms with van der Waals surface area (Å²) < 4.78 is 61.1. The molecule has 18 heteroatoms. The van der Waals surface area contributed by atoms with Crippen LogP contribution in [0.1, 0.15) is 278 Å². The van der Waals surface area contributed by atoms with Gasteiger partial charge < -0.3 is 34.2 Å². The first-order valence-electron chi connectivity index (χ1n) is 39.7. The summed E-state index contributed by atoms with van der Waals surface area (Å²) in [4.78, 5) is 58.7. The molecule has 16 nitrogen and oxygen atoms in total. The molecule has 0 spiro atoms. The molecular formula is C87H140O16P2. The Balaban J connectivity index is 4.71. The van der Waals surface area contributed by atoms with Crippen LogP contribution < -0.4 is 0 Å². The lowest BCUT2D eigenvalue weighted by Crippen LogP contribution is -2.30. The van der Waals surface area contributed by atoms with Crippen LogP contribution in [0.15, 0.2) is 194 Å². The maximum Gasteiger partial charge on any atom is 0.472 e. The summed E-state index contributed by atoms with van der Waals surface area (Å²) in [5.41, 5.74) is 0. The van der Waals surface area contributed by atoms with Gasteiger partial charge in [0, 0.05) is 19.3 Å². The molecule has 5 atom stereocenters. The maximum atomic E-state index is 13.0. The molecule has 0 aliphatic heterocycles. The van der Waals surface area contributed by atoms with E-state index in [1.54, 1.807) is 0 Å². The molecule has 0 aliphatic rings. The smallest absolute Gasteiger partial charge is 0.463 e. The molecule has 594 valence electrons. The summed E-state index contributed by atoms with van der Waals surface area (Å²) in [6.45, 7) is 2.24. The van der Waals surface area contributed by atoms with Crippen LogP contribution in [0.2, 0.25) is 0 Å². The first kappa shape index (κ1) is 99.4. The Labute approximate surface area is 636 Å². The first-order valence-corrected chi connectivity index (χ1v) is 42.7. The molecule has 5 unspecified atom stereocenters. The average Bonchev–Trinajstić information content (AvgIpc) is 0.921. The Morgan fingerprint density at radius 3 is 0.762 bits per heavy atom. The normalized spacial score (nSPS) is 15.0. The predicted octanol–water partition coefficient (Wildman–Crippen LogP) is 23.5. The largest absolute Gasteiger partial charge is 0.472 e. The van der Waals surface area contributed by atoms with Gasteiger partial charge >= 0.3 is 33.6 Å². The molecule has 0 aromatic rings. The van der Waals surface area contributed by atoms with Gasteiger partial charge in [-0.2, -0.15) is 0 Å². The second kappa shape index (κ2) is 78.0. The van der Waals surface area contributed by atoms with Crippen LogP contribution >= 0.6 is 15.6 Å². The van der Waals surface area contributed by atoms with Gasteiger partial charge in [-0.15, -0.1) is 0 Å². The minimum atomic E-state index is -4.96. The number of phosphoric ester groups is 2. The van der Waals surface area contributed by atoms with Crippen LogP contribution in [-0.4, -0.2) is 95.9 Å². The Morgan fingerprint density at radius 1 is 0.267 bits per heavy atom. The van der Waals surface area contributed by atoms with Gasteiger partial charge in [-0.3, -0.25) is 32.5 Å². The number of allylic oxidation sites excluding steroid dienone is 32. The number of aliphatic hydroxyl groups excluding tert-OH is 2. The fourth-order valence-corrected chi connectivity index (χ4v) is 11.4. The molecule has 0 fully saturated rings. The molecule has 0 bridgehead atoms. The van der Waals surface area contributed by atoms with Crippen molar-refractivity contribution in [3.63, 3.8) is 0 Å². The van der Waals surface area contributed by atoms with Crippen molar-refractivity contribution in [2.24, 2.45) is 0 Å². The van der Waals surface area contributed by atoms with Crippen LogP contribution in [0.5, 0.6) is 0 Å². The molecule has 0 aliphatic carbocycles. The number of hydrogen-bond acceptors (Lipinski definition) is 14. The van der Waals surface area contributed by atoms with E-state index in [0.29, 0.717) is 19.3 Å². The quantitative estimate of drug-likeness (QED) is 0.0146. The number of carbonyl (C=O) groups excluding carboxylic acids is 3. The summed E-state index contributed by atoms with van der Waals surface area (Å²) in [5, 5.41) is 20.7. The lowest BCUT2D eigenvalue weighted by Gasteiger charge is -2.21. The van der Waals surface area contributed by atoms with Crippen molar-refractivity contribution < 1.29 is 75.8 Å². The molecule has 0 rings (SSSR count). The Bertz CT molecular complexity index is 2690. The lowest BCUT2D eigenvalue weighted by atomic mass is 10.0. The molecular weight excluding hydrogens is 1360 g/mol. The highest BCUT2D eigenvalue weighted by Gasteiger charge is 2.29. The van der Waals surface area contributed by atoms with Crippen LogP contribution in [0.3, 0.4) is 0 Å². The topological polar surface area (TPSA) is 231 Å². The molecule has 0 heterocycles. The lowest BCUT2D eigenvalue weighted by molar-refractivity contribution is -0.161. The number of carbonyl (C=O) groups is 3. The fourth-order valence-electron chi connectivity index (χ4n) is 9.86. The number of phosphoric acid groups is 2. The second-order valence-electron chi connectivity index (χ2n) is 25.7. The van der Waals surface area contributed by atoms with Crippen LogP contribution in [0.25, 0.3) is 0 Å². The van der Waals surface area contributed by atoms with Crippen molar-refractivity contribution in [3.05, 3.63) is 194 Å². The van der Waals surface area contributed by atoms with Crippen molar-refractivity contribution in [2.75, 3.05) is 39.6 Å². The van der Waals surface area contributed by atoms with Crippen molar-refractivity contribution >= 4 is 33.6 Å². The highest BCUT2D eigenvalue weighted by atomic mass is 31.2. The minimum Gasteiger partial charge on any atom is -0.463 e. The zero-order valence-electron chi connectivity index (χ0n) is 64.8. The van der Waals surface area contributed by atoms with E-state index in [1.165, 1.54) is 38.5 Å². The molecule has 4 N–H and O–H groups in total. The van der Waals surface area contributed by atoms with Gasteiger partial charge in [0.05, 0.1) is 26.4 Å². The zero-order valence-corrected chi connectivity index (χ0v) is 66.6. The number of ether oxygens (including phenoxy) is 3. The van der Waals surface area contributed by atoms with Crippen LogP contribution in [0.4, 0.5) is 0 Å². The highest BCUT2D eigenvalue weighted by Crippen LogP contribution is 2.45. The minimum absolute atomic E-state index is 0.0510. The Morgan fingerprint density at radius 2 is 0.476 bits per heavy atom. The average molecular weight is 1500 g/mol. The van der Waals surface area contributed by atoms with Gasteiger partial charge in [-0.05, 0) is 161 Å². The molecule has 0 aromatic heterocycles. The van der Waals surface area contributed by atoms with E-state index < -0.39 is 91.5 Å². The predicted molar refractivity (Wildman–Crippen MR) is 435 cm³/mol. The summed E-state index contributed by atoms with van der Waals surface area (Å²) in [6, 6.07) is 0. The fraction of sp³-hybridized carbons (Fsp3) is 0.598. The summed E-state index contributed by atoms with van der Waals surface area (Å²) in [5.74, 6) is -1.66. The Kier molecular flexibility index (Phi) is 73.8. The third kappa shape index (κ3) is 79.3. The molecule has 0 amide bonds. The standard InChI is InChI=1S/C87H140O16P2/c1-4-7-10-13-16-19-22-25-28-31-34-36-38-39-40-41-43-45-47-49-52-55-58-61-64-67-70-73-85(90)97-76-82(88)77-99-104(93,94)100-78-83(89)79-101-105(95,96)102-81-84(103-87(92)75-72-69-66-63-60-57-54-51-46-33-30-27-24-21-18-15-12-9-6-3)80-98-86(91)74-71-68-65-62-59-56-53-50-48-44-42-37-35-32-29-26-23-20-17-14-11-8-5-2/h7-12,16-21,25-30,34-37,39-40,44,46,48,51,53,56-57,60,82-84,88-89H,4-6,13-15,22-24,31-33,38,41-43,45,47,49-50,52,54-55,58-59,61-81H2,1-3H3,(H,93,94)(H,95,96)/b10-7-,11-8-,12-9-,19-16-,20-17-,21-18-,28-25-,29-26-,30-27-,36-34-,37-35-,40-39-,48-44-,51-46-,56-53-,60-57-. The van der Waals surface area contributed by atoms with Crippen molar-refractivity contribution in [1.82, 2.24) is 0 Å². The number of aliphatic hydroxyl groups is 2. The van der Waals surface area contributed by atoms with Crippen LogP contribution in [0, 0.1) is 0 Å². The van der Waals surface area contributed by atoms with Gasteiger partial charge in [0.2, 0.25) is 0 Å². The third-order valence-electron chi connectivity index (χ3n) is 15.8. The second-order valence-corrected chi connectivity index (χ2v) is 28.6. The number of esters is 3. The van der Waals surface area contributed by atoms with Gasteiger partial charge in [0.25, 0.3) is 0 Å². The molecule has 0 saturated heterocycles. The van der Waals surface area contributed by atoms with E-state index in [2.05, 4.69) is 215 Å². The monoisotopic (exact) mass is 1500 g/mol.